The summed E-state index contributed by atoms with van der Waals surface area (Å²) in [7, 11) is 0. The van der Waals surface area contributed by atoms with Crippen LogP contribution in [-0.4, -0.2) is 35.9 Å². The number of hydrogen-bond acceptors (Lipinski definition) is 5. The van der Waals surface area contributed by atoms with E-state index < -0.39 is 5.91 Å². The van der Waals surface area contributed by atoms with E-state index in [1.165, 1.54) is 18.2 Å². The lowest BCUT2D eigenvalue weighted by atomic mass is 10.1. The van der Waals surface area contributed by atoms with Crippen molar-refractivity contribution in [1.29, 1.82) is 0 Å². The molecular weight excluding hydrogens is 372 g/mol. The number of ketones is 1. The number of phenolic OH excluding ortho intramolecular Hbond substituents is 1. The molecule has 0 spiro atoms. The molecule has 0 saturated heterocycles. The quantitative estimate of drug-likeness (QED) is 0.563. The molecule has 2 amide bonds. The number of benzene rings is 2. The number of ether oxygens (including phenoxy) is 1. The maximum atomic E-state index is 12.3. The zero-order chi connectivity index (χ0) is 21.4. The van der Waals surface area contributed by atoms with Crippen LogP contribution in [0.15, 0.2) is 36.4 Å². The van der Waals surface area contributed by atoms with Crippen LogP contribution in [0.5, 0.6) is 11.5 Å². The highest BCUT2D eigenvalue weighted by molar-refractivity contribution is 5.99. The minimum atomic E-state index is -0.390. The Balaban J connectivity index is 1.80. The van der Waals surface area contributed by atoms with Gasteiger partial charge in [0.2, 0.25) is 11.8 Å². The van der Waals surface area contributed by atoms with Gasteiger partial charge < -0.3 is 20.5 Å². The lowest BCUT2D eigenvalue weighted by Gasteiger charge is -2.11. The van der Waals surface area contributed by atoms with E-state index >= 15 is 0 Å². The molecule has 7 nitrogen and oxygen atoms in total. The van der Waals surface area contributed by atoms with Gasteiger partial charge in [-0.2, -0.15) is 0 Å². The minimum absolute atomic E-state index is 0.0131. The number of aromatic hydroxyl groups is 1. The molecule has 0 aliphatic carbocycles. The van der Waals surface area contributed by atoms with E-state index in [0.29, 0.717) is 17.9 Å². The molecule has 0 aliphatic rings. The second-order valence-corrected chi connectivity index (χ2v) is 6.61. The molecule has 2 aromatic carbocycles. The standard InChI is InChI=1S/C22H26N2O5/c1-4-29-20-12-16(8-9-19(20)26)18(25)10-11-21(27)23-13-22(28)24-17-7-5-6-14(2)15(17)3/h5-9,12,26H,4,10-11,13H2,1-3H3,(H,23,27)(H,24,28). The lowest BCUT2D eigenvalue weighted by Crippen LogP contribution is -2.33. The van der Waals surface area contributed by atoms with Gasteiger partial charge in [0.15, 0.2) is 17.3 Å². The van der Waals surface area contributed by atoms with E-state index in [-0.39, 0.29) is 42.6 Å². The highest BCUT2D eigenvalue weighted by atomic mass is 16.5. The second kappa shape index (κ2) is 10.3. The molecule has 0 unspecified atom stereocenters. The van der Waals surface area contributed by atoms with E-state index in [1.54, 1.807) is 13.0 Å². The van der Waals surface area contributed by atoms with Gasteiger partial charge in [0.1, 0.15) is 0 Å². The first-order valence-corrected chi connectivity index (χ1v) is 9.43. The third-order valence-electron chi connectivity index (χ3n) is 4.49. The predicted molar refractivity (Wildman–Crippen MR) is 110 cm³/mol. The normalized spacial score (nSPS) is 10.3. The summed E-state index contributed by atoms with van der Waals surface area (Å²) in [5, 5.41) is 15.0. The van der Waals surface area contributed by atoms with Gasteiger partial charge in [-0.1, -0.05) is 12.1 Å². The molecule has 0 heterocycles. The molecule has 7 heteroatoms. The Hall–Kier alpha value is -3.35. The van der Waals surface area contributed by atoms with Gasteiger partial charge in [0, 0.05) is 24.1 Å². The number of carbonyl (C=O) groups is 3. The number of aryl methyl sites for hydroxylation is 1. The summed E-state index contributed by atoms with van der Waals surface area (Å²) in [5.74, 6) is -0.792. The Kier molecular flexibility index (Phi) is 7.77. The maximum Gasteiger partial charge on any atom is 0.243 e. The molecule has 0 aromatic heterocycles. The Morgan fingerprint density at radius 3 is 2.52 bits per heavy atom. The van der Waals surface area contributed by atoms with Crippen molar-refractivity contribution in [3.63, 3.8) is 0 Å². The highest BCUT2D eigenvalue weighted by Gasteiger charge is 2.13. The van der Waals surface area contributed by atoms with Crippen molar-refractivity contribution in [3.05, 3.63) is 53.1 Å². The summed E-state index contributed by atoms with van der Waals surface area (Å²) < 4.78 is 5.26. The van der Waals surface area contributed by atoms with Crippen molar-refractivity contribution in [2.24, 2.45) is 0 Å². The Morgan fingerprint density at radius 1 is 1.03 bits per heavy atom. The number of carbonyl (C=O) groups excluding carboxylic acids is 3. The van der Waals surface area contributed by atoms with Crippen molar-refractivity contribution in [3.8, 4) is 11.5 Å². The molecule has 3 N–H and O–H groups in total. The Labute approximate surface area is 170 Å². The van der Waals surface area contributed by atoms with Gasteiger partial charge in [-0.05, 0) is 56.2 Å². The van der Waals surface area contributed by atoms with Crippen LogP contribution >= 0.6 is 0 Å². The molecule has 0 atom stereocenters. The zero-order valence-corrected chi connectivity index (χ0v) is 16.9. The summed E-state index contributed by atoms with van der Waals surface area (Å²) in [5.41, 5.74) is 3.09. The molecule has 0 aliphatic heterocycles. The summed E-state index contributed by atoms with van der Waals surface area (Å²) in [6, 6.07) is 9.93. The summed E-state index contributed by atoms with van der Waals surface area (Å²) in [6.45, 7) is 5.82. The molecule has 0 radical (unpaired) electrons. The van der Waals surface area contributed by atoms with Gasteiger partial charge in [-0.3, -0.25) is 14.4 Å². The van der Waals surface area contributed by atoms with Crippen molar-refractivity contribution in [2.45, 2.75) is 33.6 Å². The van der Waals surface area contributed by atoms with Crippen LogP contribution in [-0.2, 0) is 9.59 Å². The van der Waals surface area contributed by atoms with Crippen LogP contribution in [0.4, 0.5) is 5.69 Å². The first-order chi connectivity index (χ1) is 13.8. The average Bonchev–Trinajstić information content (AvgIpc) is 2.70. The topological polar surface area (TPSA) is 105 Å². The van der Waals surface area contributed by atoms with Crippen LogP contribution < -0.4 is 15.4 Å². The van der Waals surface area contributed by atoms with E-state index in [0.717, 1.165) is 11.1 Å². The number of rotatable bonds is 9. The third-order valence-corrected chi connectivity index (χ3v) is 4.49. The molecule has 2 rings (SSSR count). The third kappa shape index (κ3) is 6.34. The fourth-order valence-electron chi connectivity index (χ4n) is 2.68. The number of hydrogen-bond donors (Lipinski definition) is 3. The second-order valence-electron chi connectivity index (χ2n) is 6.61. The number of nitrogens with one attached hydrogen (secondary N) is 2. The first kappa shape index (κ1) is 21.9. The molecule has 0 bridgehead atoms. The monoisotopic (exact) mass is 398 g/mol. The highest BCUT2D eigenvalue weighted by Crippen LogP contribution is 2.27. The van der Waals surface area contributed by atoms with E-state index in [1.807, 2.05) is 26.0 Å². The van der Waals surface area contributed by atoms with E-state index in [2.05, 4.69) is 10.6 Å². The summed E-state index contributed by atoms with van der Waals surface area (Å²) in [6.07, 6.45) is -0.0544. The minimum Gasteiger partial charge on any atom is -0.504 e. The molecule has 2 aromatic rings. The predicted octanol–water partition coefficient (Wildman–Crippen LogP) is 3.13. The fraction of sp³-hybridized carbons (Fsp3) is 0.318. The van der Waals surface area contributed by atoms with Crippen LogP contribution in [0, 0.1) is 13.8 Å². The SMILES string of the molecule is CCOc1cc(C(=O)CCC(=O)NCC(=O)Nc2cccc(C)c2C)ccc1O. The first-order valence-electron chi connectivity index (χ1n) is 9.43. The summed E-state index contributed by atoms with van der Waals surface area (Å²) in [4.78, 5) is 36.3. The Bertz CT molecular complexity index is 908. The number of anilines is 1. The number of Topliss-reactive ketones (excluding diaryl/α,β-unsaturated/α-hetero) is 1. The largest absolute Gasteiger partial charge is 0.504 e. The zero-order valence-electron chi connectivity index (χ0n) is 16.9. The maximum absolute atomic E-state index is 12.3. The van der Waals surface area contributed by atoms with Crippen LogP contribution in [0.3, 0.4) is 0 Å². The van der Waals surface area contributed by atoms with Crippen molar-refractivity contribution >= 4 is 23.3 Å². The van der Waals surface area contributed by atoms with E-state index in [9.17, 15) is 19.5 Å². The molecule has 0 saturated carbocycles. The van der Waals surface area contributed by atoms with Gasteiger partial charge in [0.25, 0.3) is 0 Å². The van der Waals surface area contributed by atoms with Gasteiger partial charge in [-0.15, -0.1) is 0 Å². The lowest BCUT2D eigenvalue weighted by molar-refractivity contribution is -0.124. The smallest absolute Gasteiger partial charge is 0.243 e. The number of amides is 2. The van der Waals surface area contributed by atoms with Crippen molar-refractivity contribution < 1.29 is 24.2 Å². The van der Waals surface area contributed by atoms with Crippen LogP contribution in [0.2, 0.25) is 0 Å². The van der Waals surface area contributed by atoms with E-state index in [4.69, 9.17) is 4.74 Å². The fourth-order valence-corrected chi connectivity index (χ4v) is 2.68. The van der Waals surface area contributed by atoms with Crippen molar-refractivity contribution in [1.82, 2.24) is 5.32 Å². The molecular formula is C22H26N2O5. The molecule has 29 heavy (non-hydrogen) atoms. The van der Waals surface area contributed by atoms with Crippen molar-refractivity contribution in [2.75, 3.05) is 18.5 Å². The van der Waals surface area contributed by atoms with Gasteiger partial charge in [0.05, 0.1) is 13.2 Å². The molecule has 0 fully saturated rings. The number of phenols is 1. The van der Waals surface area contributed by atoms with Gasteiger partial charge in [-0.25, -0.2) is 0 Å². The van der Waals surface area contributed by atoms with Gasteiger partial charge >= 0.3 is 0 Å². The molecule has 154 valence electrons. The van der Waals surface area contributed by atoms with Crippen LogP contribution in [0.25, 0.3) is 0 Å². The average molecular weight is 398 g/mol. The summed E-state index contributed by atoms with van der Waals surface area (Å²) >= 11 is 0. The van der Waals surface area contributed by atoms with Crippen LogP contribution in [0.1, 0.15) is 41.3 Å². The Morgan fingerprint density at radius 2 is 1.79 bits per heavy atom.